The van der Waals surface area contributed by atoms with E-state index in [0.29, 0.717) is 35.2 Å². The van der Waals surface area contributed by atoms with Gasteiger partial charge in [0.15, 0.2) is 0 Å². The van der Waals surface area contributed by atoms with Crippen LogP contribution in [0.3, 0.4) is 0 Å². The molecular formula is C27H28N4O5S2. The number of anilines is 1. The minimum atomic E-state index is -3.65. The van der Waals surface area contributed by atoms with E-state index in [1.165, 1.54) is 44.9 Å². The largest absolute Gasteiger partial charge is 0.497 e. The number of nitrogens with zero attached hydrogens (tertiary/aromatic N) is 4. The molecule has 0 saturated heterocycles. The topological polar surface area (TPSA) is 101 Å². The quantitative estimate of drug-likeness (QED) is 0.202. The fourth-order valence-corrected chi connectivity index (χ4v) is 6.13. The van der Waals surface area contributed by atoms with Crippen molar-refractivity contribution >= 4 is 48.8 Å². The van der Waals surface area contributed by atoms with Crippen molar-refractivity contribution in [2.75, 3.05) is 32.3 Å². The Kier molecular flexibility index (Phi) is 8.40. The molecule has 0 atom stereocenters. The average Bonchev–Trinajstić information content (AvgIpc) is 3.37. The average molecular weight is 553 g/mol. The summed E-state index contributed by atoms with van der Waals surface area (Å²) in [6.07, 6.45) is 1.56. The maximum absolute atomic E-state index is 13.6. The molecule has 4 rings (SSSR count). The Hall–Kier alpha value is -3.80. The molecule has 198 valence electrons. The minimum absolute atomic E-state index is 0.123. The molecule has 1 amide bonds. The fourth-order valence-electron chi connectivity index (χ4n) is 3.72. The Bertz CT molecular complexity index is 1540. The van der Waals surface area contributed by atoms with E-state index in [9.17, 15) is 13.2 Å². The molecule has 0 aliphatic heterocycles. The lowest BCUT2D eigenvalue weighted by Crippen LogP contribution is -2.30. The second-order valence-corrected chi connectivity index (χ2v) is 11.0. The molecular weight excluding hydrogens is 524 g/mol. The van der Waals surface area contributed by atoms with Gasteiger partial charge in [0, 0.05) is 18.7 Å². The van der Waals surface area contributed by atoms with E-state index in [0.717, 1.165) is 10.3 Å². The van der Waals surface area contributed by atoms with Gasteiger partial charge in [0.1, 0.15) is 11.5 Å². The molecule has 1 heterocycles. The highest BCUT2D eigenvalue weighted by atomic mass is 32.2. The number of benzene rings is 3. The van der Waals surface area contributed by atoms with Gasteiger partial charge < -0.3 is 9.47 Å². The first-order valence-electron chi connectivity index (χ1n) is 11.9. The minimum Gasteiger partial charge on any atom is -0.497 e. The van der Waals surface area contributed by atoms with Gasteiger partial charge in [0.2, 0.25) is 15.2 Å². The van der Waals surface area contributed by atoms with Gasteiger partial charge in [-0.2, -0.15) is 14.4 Å². The monoisotopic (exact) mass is 552 g/mol. The number of hydrazone groups is 1. The van der Waals surface area contributed by atoms with Crippen molar-refractivity contribution in [1.82, 2.24) is 9.29 Å². The maximum Gasteiger partial charge on any atom is 0.280 e. The molecule has 0 spiro atoms. The zero-order valence-electron chi connectivity index (χ0n) is 21.5. The second kappa shape index (κ2) is 11.7. The number of amides is 1. The van der Waals surface area contributed by atoms with Crippen LogP contribution in [-0.2, 0) is 10.0 Å². The molecule has 1 aromatic heterocycles. The van der Waals surface area contributed by atoms with Crippen LogP contribution in [-0.4, -0.2) is 57.1 Å². The molecule has 0 N–H and O–H groups in total. The van der Waals surface area contributed by atoms with E-state index in [2.05, 4.69) is 10.1 Å². The smallest absolute Gasteiger partial charge is 0.280 e. The van der Waals surface area contributed by atoms with Gasteiger partial charge in [0.25, 0.3) is 5.91 Å². The van der Waals surface area contributed by atoms with Crippen LogP contribution in [0.2, 0.25) is 0 Å². The number of sulfonamides is 1. The molecule has 38 heavy (non-hydrogen) atoms. The van der Waals surface area contributed by atoms with Crippen LogP contribution >= 0.6 is 11.3 Å². The molecule has 3 aromatic carbocycles. The van der Waals surface area contributed by atoms with E-state index in [-0.39, 0.29) is 10.5 Å². The van der Waals surface area contributed by atoms with Crippen LogP contribution in [0.25, 0.3) is 10.2 Å². The molecule has 0 radical (unpaired) electrons. The second-order valence-electron chi connectivity index (χ2n) is 8.08. The zero-order chi connectivity index (χ0) is 27.3. The Labute approximate surface area is 226 Å². The highest BCUT2D eigenvalue weighted by Crippen LogP contribution is 2.32. The van der Waals surface area contributed by atoms with Crippen molar-refractivity contribution in [3.63, 3.8) is 0 Å². The normalized spacial score (nSPS) is 11.8. The van der Waals surface area contributed by atoms with E-state index in [1.54, 1.807) is 52.5 Å². The van der Waals surface area contributed by atoms with Gasteiger partial charge in [0.05, 0.1) is 35.5 Å². The maximum atomic E-state index is 13.6. The Morgan fingerprint density at radius 2 is 1.58 bits per heavy atom. The van der Waals surface area contributed by atoms with Crippen molar-refractivity contribution in [3.05, 3.63) is 77.9 Å². The van der Waals surface area contributed by atoms with Crippen LogP contribution in [0, 0.1) is 0 Å². The zero-order valence-corrected chi connectivity index (χ0v) is 23.1. The third kappa shape index (κ3) is 5.69. The van der Waals surface area contributed by atoms with Crippen molar-refractivity contribution in [3.8, 4) is 11.5 Å². The Morgan fingerprint density at radius 3 is 2.18 bits per heavy atom. The summed E-state index contributed by atoms with van der Waals surface area (Å²) >= 11 is 1.29. The summed E-state index contributed by atoms with van der Waals surface area (Å²) in [7, 11) is -0.473. The standard InChI is InChI=1S/C27H28N4O5S2/c1-5-30(6-2)38(33,34)23-14-9-20(10-15-23)26(32)31(28-18-19-7-11-21(35-3)12-8-19)27-29-24-16-13-22(36-4)17-25(24)37-27/h7-18H,5-6H2,1-4H3/b28-18+. The summed E-state index contributed by atoms with van der Waals surface area (Å²) in [6, 6.07) is 18.6. The van der Waals surface area contributed by atoms with Gasteiger partial charge in [-0.25, -0.2) is 13.4 Å². The Morgan fingerprint density at radius 1 is 0.947 bits per heavy atom. The summed E-state index contributed by atoms with van der Waals surface area (Å²) in [5, 5.41) is 6.05. The summed E-state index contributed by atoms with van der Waals surface area (Å²) in [6.45, 7) is 4.28. The first-order valence-corrected chi connectivity index (χ1v) is 14.1. The molecule has 0 fully saturated rings. The van der Waals surface area contributed by atoms with E-state index < -0.39 is 15.9 Å². The molecule has 0 bridgehead atoms. The van der Waals surface area contributed by atoms with E-state index in [4.69, 9.17) is 9.47 Å². The van der Waals surface area contributed by atoms with Gasteiger partial charge in [-0.1, -0.05) is 25.2 Å². The number of thiazole rings is 1. The number of rotatable bonds is 10. The number of carbonyl (C=O) groups excluding carboxylic acids is 1. The van der Waals surface area contributed by atoms with Crippen LogP contribution in [0.5, 0.6) is 11.5 Å². The number of fused-ring (bicyclic) bond motifs is 1. The first-order chi connectivity index (χ1) is 18.3. The summed E-state index contributed by atoms with van der Waals surface area (Å²) in [4.78, 5) is 18.4. The fraction of sp³-hybridized carbons (Fsp3) is 0.222. The third-order valence-corrected chi connectivity index (χ3v) is 8.90. The molecule has 0 unspecified atom stereocenters. The Balaban J connectivity index is 1.71. The number of methoxy groups -OCH3 is 2. The molecule has 0 aliphatic carbocycles. The predicted octanol–water partition coefficient (Wildman–Crippen LogP) is 5.02. The van der Waals surface area contributed by atoms with Crippen LogP contribution < -0.4 is 14.5 Å². The van der Waals surface area contributed by atoms with E-state index in [1.807, 2.05) is 24.3 Å². The van der Waals surface area contributed by atoms with Crippen molar-refractivity contribution < 1.29 is 22.7 Å². The van der Waals surface area contributed by atoms with Gasteiger partial charge in [-0.15, -0.1) is 0 Å². The highest BCUT2D eigenvalue weighted by Gasteiger charge is 2.24. The van der Waals surface area contributed by atoms with Gasteiger partial charge >= 0.3 is 0 Å². The molecule has 11 heteroatoms. The van der Waals surface area contributed by atoms with E-state index >= 15 is 0 Å². The predicted molar refractivity (Wildman–Crippen MR) is 150 cm³/mol. The van der Waals surface area contributed by atoms with Gasteiger partial charge in [-0.05, 0) is 72.3 Å². The van der Waals surface area contributed by atoms with Crippen LogP contribution in [0.15, 0.2) is 76.7 Å². The molecule has 0 aliphatic rings. The highest BCUT2D eigenvalue weighted by molar-refractivity contribution is 7.89. The number of aromatic nitrogens is 1. The summed E-state index contributed by atoms with van der Waals surface area (Å²) in [5.41, 5.74) is 1.73. The van der Waals surface area contributed by atoms with Crippen LogP contribution in [0.4, 0.5) is 5.13 Å². The van der Waals surface area contributed by atoms with Crippen LogP contribution in [0.1, 0.15) is 29.8 Å². The number of hydrogen-bond donors (Lipinski definition) is 0. The lowest BCUT2D eigenvalue weighted by Gasteiger charge is -2.19. The molecule has 4 aromatic rings. The number of ether oxygens (including phenoxy) is 2. The SMILES string of the molecule is CCN(CC)S(=O)(=O)c1ccc(C(=O)N(/N=C/c2ccc(OC)cc2)c2nc3ccc(OC)cc3s2)cc1. The van der Waals surface area contributed by atoms with Crippen molar-refractivity contribution in [2.24, 2.45) is 5.10 Å². The van der Waals surface area contributed by atoms with Crippen molar-refractivity contribution in [2.45, 2.75) is 18.7 Å². The summed E-state index contributed by atoms with van der Waals surface area (Å²) < 4.78 is 38.4. The van der Waals surface area contributed by atoms with Crippen molar-refractivity contribution in [1.29, 1.82) is 0 Å². The molecule has 0 saturated carbocycles. The first kappa shape index (κ1) is 27.2. The molecule has 9 nitrogen and oxygen atoms in total. The van der Waals surface area contributed by atoms with Gasteiger partial charge in [-0.3, -0.25) is 4.79 Å². The summed E-state index contributed by atoms with van der Waals surface area (Å²) in [5.74, 6) is 0.930. The number of hydrogen-bond acceptors (Lipinski definition) is 8. The lowest BCUT2D eigenvalue weighted by molar-refractivity contribution is 0.0987. The third-order valence-electron chi connectivity index (χ3n) is 5.84. The number of carbonyl (C=O) groups is 1. The lowest BCUT2D eigenvalue weighted by atomic mass is 10.2.